The van der Waals surface area contributed by atoms with Crippen LogP contribution < -0.4 is 5.73 Å². The Morgan fingerprint density at radius 2 is 1.79 bits per heavy atom. The second-order valence-electron chi connectivity index (χ2n) is 4.02. The van der Waals surface area contributed by atoms with Crippen molar-refractivity contribution in [3.8, 4) is 0 Å². The Morgan fingerprint density at radius 1 is 1.21 bits per heavy atom. The lowest BCUT2D eigenvalue weighted by Crippen LogP contribution is -2.34. The van der Waals surface area contributed by atoms with E-state index in [1.165, 1.54) is 0 Å². The molecule has 0 aromatic heterocycles. The van der Waals surface area contributed by atoms with Gasteiger partial charge < -0.3 is 10.5 Å². The Balaban J connectivity index is 2.28. The number of nitrogens with two attached hydrogens (primary N) is 1. The van der Waals surface area contributed by atoms with Gasteiger partial charge in [0.2, 0.25) is 0 Å². The first kappa shape index (κ1) is 11.8. The number of hydrogen-bond acceptors (Lipinski definition) is 2. The molecule has 0 spiro atoms. The van der Waals surface area contributed by atoms with Crippen LogP contribution in [0.15, 0.2) is 0 Å². The van der Waals surface area contributed by atoms with E-state index in [1.54, 1.807) is 0 Å². The van der Waals surface area contributed by atoms with Gasteiger partial charge in [0, 0.05) is 12.0 Å². The van der Waals surface area contributed by atoms with Crippen molar-refractivity contribution in [3.05, 3.63) is 0 Å². The fourth-order valence-corrected chi connectivity index (χ4v) is 1.92. The van der Waals surface area contributed by atoms with Crippen LogP contribution in [0.1, 0.15) is 25.7 Å². The lowest BCUT2D eigenvalue weighted by atomic mass is 9.87. The fourth-order valence-electron chi connectivity index (χ4n) is 1.92. The van der Waals surface area contributed by atoms with Gasteiger partial charge in [-0.05, 0) is 12.8 Å². The minimum Gasteiger partial charge on any atom is -0.371 e. The predicted octanol–water partition coefficient (Wildman–Crippen LogP) is 2.08. The molecule has 0 aliphatic heterocycles. The molecule has 1 rings (SSSR count). The summed E-state index contributed by atoms with van der Waals surface area (Å²) in [7, 11) is 0. The van der Waals surface area contributed by atoms with Gasteiger partial charge in [-0.25, -0.2) is 0 Å². The Kier molecular flexibility index (Phi) is 3.78. The van der Waals surface area contributed by atoms with Gasteiger partial charge in [0.15, 0.2) is 0 Å². The van der Waals surface area contributed by atoms with Gasteiger partial charge in [-0.1, -0.05) is 12.8 Å². The Morgan fingerprint density at radius 3 is 2.21 bits per heavy atom. The summed E-state index contributed by atoms with van der Waals surface area (Å²) in [6, 6.07) is 0. The van der Waals surface area contributed by atoms with Crippen LogP contribution in [-0.2, 0) is 4.74 Å². The standard InChI is InChI=1S/C9H16F3NO/c10-9(11,12)7-14-6-8(5-13)3-1-2-4-8/h1-7,13H2. The molecule has 0 saturated heterocycles. The quantitative estimate of drug-likeness (QED) is 0.772. The summed E-state index contributed by atoms with van der Waals surface area (Å²) in [5.41, 5.74) is 5.37. The van der Waals surface area contributed by atoms with E-state index in [4.69, 9.17) is 5.73 Å². The molecule has 1 fully saturated rings. The third kappa shape index (κ3) is 3.46. The summed E-state index contributed by atoms with van der Waals surface area (Å²) in [5, 5.41) is 0. The van der Waals surface area contributed by atoms with Crippen molar-refractivity contribution in [1.82, 2.24) is 0 Å². The highest BCUT2D eigenvalue weighted by Gasteiger charge is 2.35. The fraction of sp³-hybridized carbons (Fsp3) is 1.00. The number of alkyl halides is 3. The van der Waals surface area contributed by atoms with Crippen LogP contribution >= 0.6 is 0 Å². The first-order valence-electron chi connectivity index (χ1n) is 4.82. The molecule has 5 heteroatoms. The summed E-state index contributed by atoms with van der Waals surface area (Å²) < 4.78 is 40.1. The molecule has 0 bridgehead atoms. The van der Waals surface area contributed by atoms with E-state index in [0.717, 1.165) is 25.7 Å². The topological polar surface area (TPSA) is 35.2 Å². The monoisotopic (exact) mass is 211 g/mol. The molecule has 0 aromatic carbocycles. The minimum absolute atomic E-state index is 0.142. The first-order chi connectivity index (χ1) is 6.47. The van der Waals surface area contributed by atoms with Crippen LogP contribution in [0.5, 0.6) is 0 Å². The molecule has 0 atom stereocenters. The van der Waals surface area contributed by atoms with E-state index in [1.807, 2.05) is 0 Å². The van der Waals surface area contributed by atoms with Gasteiger partial charge in [0.25, 0.3) is 0 Å². The minimum atomic E-state index is -4.23. The smallest absolute Gasteiger partial charge is 0.371 e. The van der Waals surface area contributed by atoms with Gasteiger partial charge in [0.1, 0.15) is 6.61 Å². The molecule has 0 amide bonds. The van der Waals surface area contributed by atoms with Gasteiger partial charge in [-0.2, -0.15) is 13.2 Å². The van der Waals surface area contributed by atoms with Crippen molar-refractivity contribution in [2.45, 2.75) is 31.9 Å². The van der Waals surface area contributed by atoms with Crippen molar-refractivity contribution < 1.29 is 17.9 Å². The second kappa shape index (κ2) is 4.49. The lowest BCUT2D eigenvalue weighted by molar-refractivity contribution is -0.180. The zero-order valence-corrected chi connectivity index (χ0v) is 8.07. The van der Waals surface area contributed by atoms with Crippen LogP contribution in [-0.4, -0.2) is 25.9 Å². The van der Waals surface area contributed by atoms with Gasteiger partial charge in [-0.15, -0.1) is 0 Å². The Hall–Kier alpha value is -0.290. The van der Waals surface area contributed by atoms with Crippen LogP contribution in [0.4, 0.5) is 13.2 Å². The molecule has 2 N–H and O–H groups in total. The van der Waals surface area contributed by atoms with E-state index in [-0.39, 0.29) is 12.0 Å². The molecule has 0 unspecified atom stereocenters. The van der Waals surface area contributed by atoms with Crippen LogP contribution in [0, 0.1) is 5.41 Å². The molecule has 2 nitrogen and oxygen atoms in total. The van der Waals surface area contributed by atoms with E-state index in [2.05, 4.69) is 4.74 Å². The number of rotatable bonds is 4. The second-order valence-corrected chi connectivity index (χ2v) is 4.02. The SMILES string of the molecule is NCC1(COCC(F)(F)F)CCCC1. The Bertz CT molecular complexity index is 175. The summed E-state index contributed by atoms with van der Waals surface area (Å²) in [4.78, 5) is 0. The molecule has 0 aromatic rings. The Labute approximate surface area is 81.6 Å². The molecular weight excluding hydrogens is 195 g/mol. The van der Waals surface area contributed by atoms with Gasteiger partial charge >= 0.3 is 6.18 Å². The first-order valence-corrected chi connectivity index (χ1v) is 4.82. The highest BCUT2D eigenvalue weighted by molar-refractivity contribution is 4.85. The summed E-state index contributed by atoms with van der Waals surface area (Å²) in [5.74, 6) is 0. The molecule has 1 aliphatic carbocycles. The van der Waals surface area contributed by atoms with Crippen molar-refractivity contribution in [2.24, 2.45) is 11.1 Å². The maximum Gasteiger partial charge on any atom is 0.411 e. The van der Waals surface area contributed by atoms with Crippen LogP contribution in [0.3, 0.4) is 0 Å². The summed E-state index contributed by atoms with van der Waals surface area (Å²) in [6.45, 7) is -0.595. The third-order valence-electron chi connectivity index (χ3n) is 2.77. The van der Waals surface area contributed by atoms with E-state index >= 15 is 0 Å². The maximum absolute atomic E-state index is 11.8. The molecule has 1 aliphatic rings. The van der Waals surface area contributed by atoms with Crippen LogP contribution in [0.2, 0.25) is 0 Å². The average molecular weight is 211 g/mol. The molecule has 1 saturated carbocycles. The van der Waals surface area contributed by atoms with Crippen molar-refractivity contribution >= 4 is 0 Å². The van der Waals surface area contributed by atoms with Crippen molar-refractivity contribution in [3.63, 3.8) is 0 Å². The highest BCUT2D eigenvalue weighted by Crippen LogP contribution is 2.37. The van der Waals surface area contributed by atoms with E-state index < -0.39 is 12.8 Å². The zero-order valence-electron chi connectivity index (χ0n) is 8.07. The zero-order chi connectivity index (χ0) is 10.7. The van der Waals surface area contributed by atoms with Gasteiger partial charge in [-0.3, -0.25) is 0 Å². The molecule has 0 heterocycles. The van der Waals surface area contributed by atoms with E-state index in [0.29, 0.717) is 6.54 Å². The molecule has 14 heavy (non-hydrogen) atoms. The van der Waals surface area contributed by atoms with E-state index in [9.17, 15) is 13.2 Å². The highest BCUT2D eigenvalue weighted by atomic mass is 19.4. The lowest BCUT2D eigenvalue weighted by Gasteiger charge is -2.26. The number of hydrogen-bond donors (Lipinski definition) is 1. The largest absolute Gasteiger partial charge is 0.411 e. The number of halogens is 3. The normalized spacial score (nSPS) is 21.4. The summed E-state index contributed by atoms with van der Waals surface area (Å²) in [6.07, 6.45) is -0.351. The summed E-state index contributed by atoms with van der Waals surface area (Å²) >= 11 is 0. The maximum atomic E-state index is 11.8. The van der Waals surface area contributed by atoms with Gasteiger partial charge in [0.05, 0.1) is 6.61 Å². The van der Waals surface area contributed by atoms with Crippen molar-refractivity contribution in [2.75, 3.05) is 19.8 Å². The molecular formula is C9H16F3NO. The molecule has 0 radical (unpaired) electrons. The molecule has 84 valence electrons. The predicted molar refractivity (Wildman–Crippen MR) is 46.8 cm³/mol. The average Bonchev–Trinajstić information content (AvgIpc) is 2.52. The number of ether oxygens (including phenoxy) is 1. The van der Waals surface area contributed by atoms with Crippen LogP contribution in [0.25, 0.3) is 0 Å². The third-order valence-corrected chi connectivity index (χ3v) is 2.77. The van der Waals surface area contributed by atoms with Crippen molar-refractivity contribution in [1.29, 1.82) is 0 Å².